The first-order chi connectivity index (χ1) is 12.1. The number of H-pyrrole nitrogens is 2. The van der Waals surface area contributed by atoms with Crippen molar-refractivity contribution in [3.05, 3.63) is 75.5 Å². The molecule has 0 aliphatic carbocycles. The summed E-state index contributed by atoms with van der Waals surface area (Å²) in [5.74, 6) is -0.814. The quantitative estimate of drug-likeness (QED) is 0.668. The number of aryl methyl sites for hydroxylation is 1. The highest BCUT2D eigenvalue weighted by Gasteiger charge is 2.27. The molecule has 0 radical (unpaired) electrons. The minimum Gasteiger partial charge on any atom is -0.469 e. The molecule has 3 aromatic rings. The van der Waals surface area contributed by atoms with Crippen molar-refractivity contribution in [3.8, 4) is 0 Å². The summed E-state index contributed by atoms with van der Waals surface area (Å²) in [7, 11) is 3.13. The molecule has 0 spiro atoms. The molecule has 0 saturated carbocycles. The van der Waals surface area contributed by atoms with Crippen LogP contribution in [0.3, 0.4) is 0 Å². The van der Waals surface area contributed by atoms with Crippen LogP contribution >= 0.6 is 0 Å². The molecule has 0 fully saturated rings. The summed E-state index contributed by atoms with van der Waals surface area (Å²) < 4.78 is 6.50. The van der Waals surface area contributed by atoms with E-state index in [0.717, 1.165) is 17.0 Å². The molecule has 130 valence electrons. The van der Waals surface area contributed by atoms with Crippen molar-refractivity contribution in [2.24, 2.45) is 7.05 Å². The highest BCUT2D eigenvalue weighted by molar-refractivity contribution is 5.71. The van der Waals surface area contributed by atoms with Crippen LogP contribution in [0.5, 0.6) is 0 Å². The number of nitrogens with zero attached hydrogens (tertiary/aromatic N) is 2. The van der Waals surface area contributed by atoms with Crippen LogP contribution < -0.4 is 5.56 Å². The Hall–Kier alpha value is -3.09. The van der Waals surface area contributed by atoms with Gasteiger partial charge in [-0.25, -0.2) is 0 Å². The van der Waals surface area contributed by atoms with Gasteiger partial charge in [-0.1, -0.05) is 30.3 Å². The van der Waals surface area contributed by atoms with Gasteiger partial charge in [0.05, 0.1) is 13.5 Å². The van der Waals surface area contributed by atoms with Crippen LogP contribution in [-0.4, -0.2) is 33.1 Å². The lowest BCUT2D eigenvalue weighted by Crippen LogP contribution is -2.20. The molecule has 0 amide bonds. The summed E-state index contributed by atoms with van der Waals surface area (Å²) in [5, 5.41) is 9.77. The molecule has 0 bridgehead atoms. The number of methoxy groups -OCH3 is 1. The summed E-state index contributed by atoms with van der Waals surface area (Å²) >= 11 is 0. The lowest BCUT2D eigenvalue weighted by Gasteiger charge is -2.16. The fourth-order valence-corrected chi connectivity index (χ4v) is 3.04. The van der Waals surface area contributed by atoms with E-state index in [1.807, 2.05) is 36.4 Å². The maximum atomic E-state index is 12.5. The molecular formula is C18H20N4O3. The number of nitrogens with one attached hydrogen (secondary N) is 2. The minimum absolute atomic E-state index is 0.0682. The summed E-state index contributed by atoms with van der Waals surface area (Å²) in [5.41, 5.74) is 2.91. The molecule has 1 unspecified atom stereocenters. The van der Waals surface area contributed by atoms with E-state index in [2.05, 4.69) is 15.3 Å². The third-order valence-corrected chi connectivity index (χ3v) is 4.28. The molecule has 1 aromatic carbocycles. The molecule has 0 aliphatic rings. The number of benzene rings is 1. The standard InChI is InChI=1S/C18H20N4O3/c1-22-15(8-9-19-22)13(11-16(23)25-2)17-14(20-21-18(17)24)10-12-6-4-3-5-7-12/h3-9,13H,10-11H2,1-2H3,(H2,20,21,24). The van der Waals surface area contributed by atoms with Gasteiger partial charge < -0.3 is 9.84 Å². The van der Waals surface area contributed by atoms with Gasteiger partial charge in [-0.2, -0.15) is 5.10 Å². The zero-order chi connectivity index (χ0) is 17.8. The molecule has 7 nitrogen and oxygen atoms in total. The molecule has 0 saturated heterocycles. The number of hydrogen-bond donors (Lipinski definition) is 2. The molecule has 0 aliphatic heterocycles. The van der Waals surface area contributed by atoms with Gasteiger partial charge >= 0.3 is 5.97 Å². The van der Waals surface area contributed by atoms with Crippen molar-refractivity contribution in [2.75, 3.05) is 7.11 Å². The largest absolute Gasteiger partial charge is 0.469 e. The van der Waals surface area contributed by atoms with Crippen molar-refractivity contribution in [1.82, 2.24) is 20.0 Å². The fraction of sp³-hybridized carbons (Fsp3) is 0.278. The van der Waals surface area contributed by atoms with E-state index in [1.165, 1.54) is 7.11 Å². The Morgan fingerprint density at radius 2 is 2.00 bits per heavy atom. The summed E-state index contributed by atoms with van der Waals surface area (Å²) in [4.78, 5) is 24.4. The van der Waals surface area contributed by atoms with Gasteiger partial charge in [-0.05, 0) is 11.6 Å². The molecule has 3 rings (SSSR count). The maximum Gasteiger partial charge on any atom is 0.306 e. The predicted molar refractivity (Wildman–Crippen MR) is 92.3 cm³/mol. The third-order valence-electron chi connectivity index (χ3n) is 4.28. The molecule has 7 heteroatoms. The number of aromatic nitrogens is 4. The Balaban J connectivity index is 2.04. The SMILES string of the molecule is COC(=O)CC(c1c(Cc2ccccc2)[nH][nH]c1=O)c1ccnn1C. The van der Waals surface area contributed by atoms with E-state index in [9.17, 15) is 9.59 Å². The first-order valence-corrected chi connectivity index (χ1v) is 7.98. The Kier molecular flexibility index (Phi) is 4.83. The van der Waals surface area contributed by atoms with Gasteiger partial charge in [-0.15, -0.1) is 0 Å². The topological polar surface area (TPSA) is 92.8 Å². The zero-order valence-corrected chi connectivity index (χ0v) is 14.2. The Morgan fingerprint density at radius 3 is 2.64 bits per heavy atom. The van der Waals surface area contributed by atoms with E-state index in [1.54, 1.807) is 17.9 Å². The first-order valence-electron chi connectivity index (χ1n) is 7.98. The third kappa shape index (κ3) is 3.55. The van der Waals surface area contributed by atoms with E-state index >= 15 is 0 Å². The first kappa shape index (κ1) is 16.8. The highest BCUT2D eigenvalue weighted by atomic mass is 16.5. The lowest BCUT2D eigenvalue weighted by atomic mass is 9.90. The van der Waals surface area contributed by atoms with Gasteiger partial charge in [0, 0.05) is 42.5 Å². The van der Waals surface area contributed by atoms with E-state index in [4.69, 9.17) is 4.74 Å². The van der Waals surface area contributed by atoms with Crippen LogP contribution in [0.2, 0.25) is 0 Å². The van der Waals surface area contributed by atoms with Gasteiger partial charge in [-0.3, -0.25) is 19.4 Å². The minimum atomic E-state index is -0.436. The highest BCUT2D eigenvalue weighted by Crippen LogP contribution is 2.28. The number of rotatable bonds is 6. The van der Waals surface area contributed by atoms with Gasteiger partial charge in [0.2, 0.25) is 0 Å². The van der Waals surface area contributed by atoms with Crippen molar-refractivity contribution < 1.29 is 9.53 Å². The van der Waals surface area contributed by atoms with Crippen LogP contribution in [-0.2, 0) is 23.0 Å². The van der Waals surface area contributed by atoms with Crippen LogP contribution in [0.15, 0.2) is 47.4 Å². The van der Waals surface area contributed by atoms with E-state index in [-0.39, 0.29) is 17.9 Å². The lowest BCUT2D eigenvalue weighted by molar-refractivity contribution is -0.140. The monoisotopic (exact) mass is 340 g/mol. The van der Waals surface area contributed by atoms with E-state index in [0.29, 0.717) is 12.0 Å². The van der Waals surface area contributed by atoms with E-state index < -0.39 is 5.92 Å². The second-order valence-corrected chi connectivity index (χ2v) is 5.85. The second kappa shape index (κ2) is 7.21. The van der Waals surface area contributed by atoms with Gasteiger partial charge in [0.15, 0.2) is 0 Å². The van der Waals surface area contributed by atoms with Crippen molar-refractivity contribution >= 4 is 5.97 Å². The van der Waals surface area contributed by atoms with Gasteiger partial charge in [0.25, 0.3) is 5.56 Å². The average Bonchev–Trinajstić information content (AvgIpc) is 3.20. The summed E-state index contributed by atoms with van der Waals surface area (Å²) in [6.45, 7) is 0. The van der Waals surface area contributed by atoms with Gasteiger partial charge in [0.1, 0.15) is 0 Å². The molecule has 2 heterocycles. The predicted octanol–water partition coefficient (Wildman–Crippen LogP) is 1.72. The number of carbonyl (C=O) groups excluding carboxylic acids is 1. The van der Waals surface area contributed by atoms with Crippen LogP contribution in [0.1, 0.15) is 34.9 Å². The Morgan fingerprint density at radius 1 is 1.24 bits per heavy atom. The summed E-state index contributed by atoms with van der Waals surface area (Å²) in [6, 6.07) is 11.6. The molecule has 25 heavy (non-hydrogen) atoms. The van der Waals surface area contributed by atoms with Crippen LogP contribution in [0, 0.1) is 0 Å². The average molecular weight is 340 g/mol. The van der Waals surface area contributed by atoms with Crippen LogP contribution in [0.25, 0.3) is 0 Å². The van der Waals surface area contributed by atoms with Crippen molar-refractivity contribution in [1.29, 1.82) is 0 Å². The molecule has 2 N–H and O–H groups in total. The van der Waals surface area contributed by atoms with Crippen molar-refractivity contribution in [2.45, 2.75) is 18.8 Å². The van der Waals surface area contributed by atoms with Crippen molar-refractivity contribution in [3.63, 3.8) is 0 Å². The summed E-state index contributed by atoms with van der Waals surface area (Å²) in [6.07, 6.45) is 2.28. The number of aromatic amines is 2. The number of carbonyl (C=O) groups is 1. The molecular weight excluding hydrogens is 320 g/mol. The molecule has 2 aromatic heterocycles. The normalized spacial score (nSPS) is 12.1. The molecule has 1 atom stereocenters. The number of esters is 1. The number of ether oxygens (including phenoxy) is 1. The Bertz CT molecular complexity index is 908. The fourth-order valence-electron chi connectivity index (χ4n) is 3.04. The zero-order valence-electron chi connectivity index (χ0n) is 14.2. The number of hydrogen-bond acceptors (Lipinski definition) is 4. The van der Waals surface area contributed by atoms with Crippen LogP contribution in [0.4, 0.5) is 0 Å². The Labute approximate surface area is 144 Å². The smallest absolute Gasteiger partial charge is 0.306 e. The second-order valence-electron chi connectivity index (χ2n) is 5.85. The maximum absolute atomic E-state index is 12.5.